The lowest BCUT2D eigenvalue weighted by atomic mass is 9.69. The molecule has 1 heterocycles. The first kappa shape index (κ1) is 8.48. The average molecular weight is 171 g/mol. The van der Waals surface area contributed by atoms with Gasteiger partial charge in [-0.15, -0.1) is 0 Å². The van der Waals surface area contributed by atoms with Crippen molar-refractivity contribution in [2.75, 3.05) is 26.3 Å². The van der Waals surface area contributed by atoms with E-state index in [0.717, 1.165) is 32.4 Å². The zero-order chi connectivity index (χ0) is 8.66. The highest BCUT2D eigenvalue weighted by Gasteiger charge is 2.56. The van der Waals surface area contributed by atoms with Crippen molar-refractivity contribution in [2.45, 2.75) is 19.3 Å². The Hall–Kier alpha value is -0.120. The van der Waals surface area contributed by atoms with Crippen molar-refractivity contribution in [1.82, 2.24) is 5.32 Å². The van der Waals surface area contributed by atoms with E-state index in [0.29, 0.717) is 0 Å². The summed E-state index contributed by atoms with van der Waals surface area (Å²) in [6.07, 6.45) is 3.29. The highest BCUT2D eigenvalue weighted by atomic mass is 16.3. The maximum Gasteiger partial charge on any atom is 0.0506 e. The van der Waals surface area contributed by atoms with Crippen LogP contribution in [0.2, 0.25) is 0 Å². The van der Waals surface area contributed by atoms with Crippen LogP contribution in [0.25, 0.3) is 0 Å². The smallest absolute Gasteiger partial charge is 0.0506 e. The Labute approximate surface area is 72.8 Å². The number of aliphatic hydroxyl groups excluding tert-OH is 2. The van der Waals surface area contributed by atoms with Crippen LogP contribution in [0, 0.1) is 10.8 Å². The van der Waals surface area contributed by atoms with Gasteiger partial charge in [-0.25, -0.2) is 0 Å². The Kier molecular flexibility index (Phi) is 1.90. The van der Waals surface area contributed by atoms with Gasteiger partial charge in [0.1, 0.15) is 0 Å². The molecular formula is C9H17NO2. The Bertz CT molecular complexity index is 153. The lowest BCUT2D eigenvalue weighted by Crippen LogP contribution is -2.41. The van der Waals surface area contributed by atoms with E-state index in [-0.39, 0.29) is 24.0 Å². The number of aliphatic hydroxyl groups is 2. The molecule has 0 spiro atoms. The van der Waals surface area contributed by atoms with E-state index in [1.165, 1.54) is 0 Å². The van der Waals surface area contributed by atoms with Crippen molar-refractivity contribution in [2.24, 2.45) is 10.8 Å². The summed E-state index contributed by atoms with van der Waals surface area (Å²) in [5.74, 6) is 0. The highest BCUT2D eigenvalue weighted by Crippen LogP contribution is 2.54. The Morgan fingerprint density at radius 2 is 1.50 bits per heavy atom. The molecule has 12 heavy (non-hydrogen) atoms. The van der Waals surface area contributed by atoms with E-state index < -0.39 is 0 Å². The fourth-order valence-corrected chi connectivity index (χ4v) is 2.99. The van der Waals surface area contributed by atoms with Crippen LogP contribution >= 0.6 is 0 Å². The van der Waals surface area contributed by atoms with Gasteiger partial charge in [0.05, 0.1) is 13.2 Å². The molecule has 0 aromatic rings. The molecular weight excluding hydrogens is 154 g/mol. The van der Waals surface area contributed by atoms with Crippen molar-refractivity contribution in [3.8, 4) is 0 Å². The van der Waals surface area contributed by atoms with Crippen LogP contribution in [0.3, 0.4) is 0 Å². The van der Waals surface area contributed by atoms with Crippen LogP contribution in [0.5, 0.6) is 0 Å². The summed E-state index contributed by atoms with van der Waals surface area (Å²) >= 11 is 0. The molecule has 0 amide bonds. The number of fused-ring (bicyclic) bond motifs is 1. The largest absolute Gasteiger partial charge is 0.396 e. The monoisotopic (exact) mass is 171 g/mol. The second kappa shape index (κ2) is 2.69. The summed E-state index contributed by atoms with van der Waals surface area (Å²) < 4.78 is 0. The van der Waals surface area contributed by atoms with Crippen LogP contribution in [0.4, 0.5) is 0 Å². The van der Waals surface area contributed by atoms with Gasteiger partial charge in [-0.3, -0.25) is 0 Å². The molecule has 2 fully saturated rings. The normalized spacial score (nSPS) is 46.5. The van der Waals surface area contributed by atoms with Crippen molar-refractivity contribution in [3.05, 3.63) is 0 Å². The van der Waals surface area contributed by atoms with Crippen molar-refractivity contribution in [3.63, 3.8) is 0 Å². The van der Waals surface area contributed by atoms with Crippen LogP contribution < -0.4 is 5.32 Å². The summed E-state index contributed by atoms with van der Waals surface area (Å²) in [6.45, 7) is 2.20. The van der Waals surface area contributed by atoms with E-state index in [1.54, 1.807) is 0 Å². The van der Waals surface area contributed by atoms with Crippen molar-refractivity contribution < 1.29 is 10.2 Å². The van der Waals surface area contributed by atoms with Gasteiger partial charge < -0.3 is 15.5 Å². The van der Waals surface area contributed by atoms with Gasteiger partial charge in [-0.2, -0.15) is 0 Å². The zero-order valence-electron chi connectivity index (χ0n) is 7.34. The second-order valence-electron chi connectivity index (χ2n) is 4.33. The third-order valence-electron chi connectivity index (χ3n) is 3.97. The van der Waals surface area contributed by atoms with Gasteiger partial charge in [-0.05, 0) is 12.8 Å². The lowest BCUT2D eigenvalue weighted by molar-refractivity contribution is 0.00976. The zero-order valence-corrected chi connectivity index (χ0v) is 7.34. The molecule has 1 aliphatic heterocycles. The first-order chi connectivity index (χ1) is 5.79. The summed E-state index contributed by atoms with van der Waals surface area (Å²) in [5, 5.41) is 22.0. The Morgan fingerprint density at radius 3 is 1.92 bits per heavy atom. The predicted molar refractivity (Wildman–Crippen MR) is 45.8 cm³/mol. The van der Waals surface area contributed by atoms with E-state index >= 15 is 0 Å². The fraction of sp³-hybridized carbons (Fsp3) is 1.00. The quantitative estimate of drug-likeness (QED) is 0.536. The van der Waals surface area contributed by atoms with E-state index in [1.807, 2.05) is 0 Å². The van der Waals surface area contributed by atoms with E-state index in [4.69, 9.17) is 0 Å². The number of nitrogens with one attached hydrogen (secondary N) is 1. The van der Waals surface area contributed by atoms with Gasteiger partial charge in [0.15, 0.2) is 0 Å². The van der Waals surface area contributed by atoms with Crippen molar-refractivity contribution in [1.29, 1.82) is 0 Å². The summed E-state index contributed by atoms with van der Waals surface area (Å²) in [7, 11) is 0. The van der Waals surface area contributed by atoms with Crippen molar-refractivity contribution >= 4 is 0 Å². The molecule has 3 heteroatoms. The molecule has 2 rings (SSSR count). The highest BCUT2D eigenvalue weighted by molar-refractivity contribution is 5.08. The molecule has 3 nitrogen and oxygen atoms in total. The van der Waals surface area contributed by atoms with Crippen LogP contribution in [0.15, 0.2) is 0 Å². The van der Waals surface area contributed by atoms with Gasteiger partial charge >= 0.3 is 0 Å². The van der Waals surface area contributed by atoms with Gasteiger partial charge in [0, 0.05) is 23.9 Å². The maximum absolute atomic E-state index is 9.37. The predicted octanol–water partition coefficient (Wildman–Crippen LogP) is -0.269. The molecule has 70 valence electrons. The Balaban J connectivity index is 2.29. The topological polar surface area (TPSA) is 52.5 Å². The number of rotatable bonds is 2. The first-order valence-corrected chi connectivity index (χ1v) is 4.71. The minimum absolute atomic E-state index is 0.0122. The maximum atomic E-state index is 9.37. The summed E-state index contributed by atoms with van der Waals surface area (Å²) in [5.41, 5.74) is -0.0243. The molecule has 0 aromatic carbocycles. The molecule has 3 N–H and O–H groups in total. The molecule has 0 radical (unpaired) electrons. The molecule has 2 aliphatic rings. The number of hydrogen-bond donors (Lipinski definition) is 3. The van der Waals surface area contributed by atoms with Gasteiger partial charge in [0.2, 0.25) is 0 Å². The molecule has 1 saturated carbocycles. The summed E-state index contributed by atoms with van der Waals surface area (Å²) in [4.78, 5) is 0. The minimum Gasteiger partial charge on any atom is -0.396 e. The SMILES string of the molecule is OCC12CCCC1(CO)CNC2. The molecule has 0 bridgehead atoms. The molecule has 2 unspecified atom stereocenters. The van der Waals surface area contributed by atoms with E-state index in [9.17, 15) is 10.2 Å². The standard InChI is InChI=1S/C9H17NO2/c11-6-8-2-1-3-9(8,7-12)5-10-4-8/h10-12H,1-7H2. The van der Waals surface area contributed by atoms with E-state index in [2.05, 4.69) is 5.32 Å². The minimum atomic E-state index is -0.0122. The summed E-state index contributed by atoms with van der Waals surface area (Å²) in [6, 6.07) is 0. The lowest BCUT2D eigenvalue weighted by Gasteiger charge is -2.36. The third kappa shape index (κ3) is 0.817. The average Bonchev–Trinajstić information content (AvgIpc) is 2.58. The molecule has 1 aliphatic carbocycles. The number of hydrogen-bond acceptors (Lipinski definition) is 3. The first-order valence-electron chi connectivity index (χ1n) is 4.71. The fourth-order valence-electron chi connectivity index (χ4n) is 2.99. The van der Waals surface area contributed by atoms with Crippen LogP contribution in [-0.2, 0) is 0 Å². The van der Waals surface area contributed by atoms with Crippen LogP contribution in [-0.4, -0.2) is 36.5 Å². The molecule has 0 aromatic heterocycles. The van der Waals surface area contributed by atoms with Gasteiger partial charge in [-0.1, -0.05) is 6.42 Å². The Morgan fingerprint density at radius 1 is 1.00 bits per heavy atom. The molecule has 2 atom stereocenters. The van der Waals surface area contributed by atoms with Crippen LogP contribution in [0.1, 0.15) is 19.3 Å². The second-order valence-corrected chi connectivity index (χ2v) is 4.33. The molecule has 1 saturated heterocycles. The third-order valence-corrected chi connectivity index (χ3v) is 3.97. The van der Waals surface area contributed by atoms with Gasteiger partial charge in [0.25, 0.3) is 0 Å².